The van der Waals surface area contributed by atoms with Crippen LogP contribution in [-0.4, -0.2) is 58.4 Å². The number of carbonyl (C=O) groups excluding carboxylic acids is 2. The number of hydrogen-bond donors (Lipinski definition) is 2. The molecule has 3 aromatic rings. The Hall–Kier alpha value is -2.97. The second kappa shape index (κ2) is 8.28. The van der Waals surface area contributed by atoms with Gasteiger partial charge in [0.2, 0.25) is 0 Å². The molecule has 0 unspecified atom stereocenters. The molecule has 0 radical (unpaired) electrons. The highest BCUT2D eigenvalue weighted by atomic mass is 32.1. The Morgan fingerprint density at radius 1 is 1.10 bits per heavy atom. The van der Waals surface area contributed by atoms with E-state index in [9.17, 15) is 9.59 Å². The standard InChI is InChI=1S/C23H25N5O2S/c1-2-24-23(30)28-14-17-11-18(28)13-27(17)12-15-7-9-16(10-8-15)21(29)26-22-25-19-5-3-4-6-20(19)31-22/h3-10,17-18H,2,11-14H2,1H3,(H,24,30)(H,25,26,29)/t17-,18-/m0/s1. The predicted molar refractivity (Wildman–Crippen MR) is 122 cm³/mol. The minimum absolute atomic E-state index is 0.0538. The van der Waals surface area contributed by atoms with Gasteiger partial charge in [0.25, 0.3) is 5.91 Å². The van der Waals surface area contributed by atoms with Crippen LogP contribution in [0.3, 0.4) is 0 Å². The van der Waals surface area contributed by atoms with Gasteiger partial charge in [-0.1, -0.05) is 35.6 Å². The lowest BCUT2D eigenvalue weighted by Gasteiger charge is -2.34. The molecule has 0 aliphatic carbocycles. The Balaban J connectivity index is 1.18. The van der Waals surface area contributed by atoms with E-state index in [1.807, 2.05) is 60.4 Å². The normalized spacial score (nSPS) is 20.4. The molecule has 2 aliphatic heterocycles. The molecule has 160 valence electrons. The van der Waals surface area contributed by atoms with E-state index in [1.54, 1.807) is 0 Å². The molecule has 3 amide bonds. The average Bonchev–Trinajstić information content (AvgIpc) is 3.47. The van der Waals surface area contributed by atoms with Gasteiger partial charge in [-0.15, -0.1) is 0 Å². The monoisotopic (exact) mass is 435 g/mol. The number of carbonyl (C=O) groups is 2. The van der Waals surface area contributed by atoms with E-state index < -0.39 is 0 Å². The molecule has 3 heterocycles. The Morgan fingerprint density at radius 3 is 2.61 bits per heavy atom. The van der Waals surface area contributed by atoms with Crippen molar-refractivity contribution in [1.29, 1.82) is 0 Å². The van der Waals surface area contributed by atoms with E-state index in [0.29, 0.717) is 29.3 Å². The van der Waals surface area contributed by atoms with Crippen LogP contribution in [0.25, 0.3) is 10.2 Å². The molecule has 2 atom stereocenters. The fourth-order valence-corrected chi connectivity index (χ4v) is 5.40. The summed E-state index contributed by atoms with van der Waals surface area (Å²) in [5.41, 5.74) is 2.69. The second-order valence-electron chi connectivity index (χ2n) is 8.10. The van der Waals surface area contributed by atoms with E-state index in [1.165, 1.54) is 16.9 Å². The van der Waals surface area contributed by atoms with Gasteiger partial charge >= 0.3 is 6.03 Å². The van der Waals surface area contributed by atoms with Crippen LogP contribution in [0.4, 0.5) is 9.93 Å². The minimum Gasteiger partial charge on any atom is -0.338 e. The van der Waals surface area contributed by atoms with Crippen LogP contribution in [0.2, 0.25) is 0 Å². The number of piperazine rings is 1. The molecule has 8 heteroatoms. The topological polar surface area (TPSA) is 77.6 Å². The molecule has 31 heavy (non-hydrogen) atoms. The van der Waals surface area contributed by atoms with Gasteiger partial charge in [-0.3, -0.25) is 15.0 Å². The lowest BCUT2D eigenvalue weighted by Crippen LogP contribution is -2.51. The zero-order valence-corrected chi connectivity index (χ0v) is 18.2. The van der Waals surface area contributed by atoms with Crippen molar-refractivity contribution in [3.8, 4) is 0 Å². The van der Waals surface area contributed by atoms with Crippen LogP contribution >= 0.6 is 11.3 Å². The zero-order chi connectivity index (χ0) is 21.4. The molecule has 5 rings (SSSR count). The molecule has 0 spiro atoms. The van der Waals surface area contributed by atoms with Crippen molar-refractivity contribution >= 4 is 38.6 Å². The summed E-state index contributed by atoms with van der Waals surface area (Å²) in [6.07, 6.45) is 1.04. The van der Waals surface area contributed by atoms with E-state index in [4.69, 9.17) is 0 Å². The summed E-state index contributed by atoms with van der Waals surface area (Å²) in [4.78, 5) is 33.6. The molecule has 1 aromatic heterocycles. The first-order valence-electron chi connectivity index (χ1n) is 10.6. The quantitative estimate of drug-likeness (QED) is 0.643. The maximum Gasteiger partial charge on any atom is 0.317 e. The molecule has 2 aromatic carbocycles. The SMILES string of the molecule is CCNC(=O)N1C[C@@H]2C[C@H]1CN2Cc1ccc(C(=O)Nc2nc3ccccc3s2)cc1. The maximum absolute atomic E-state index is 12.6. The van der Waals surface area contributed by atoms with Gasteiger partial charge in [0.1, 0.15) is 0 Å². The lowest BCUT2D eigenvalue weighted by molar-refractivity contribution is 0.102. The Bertz CT molecular complexity index is 1080. The number of rotatable bonds is 5. The van der Waals surface area contributed by atoms with Gasteiger partial charge in [0, 0.05) is 43.8 Å². The number of likely N-dealkylation sites (tertiary alicyclic amines) is 2. The fraction of sp³-hybridized carbons (Fsp3) is 0.348. The summed E-state index contributed by atoms with van der Waals surface area (Å²) >= 11 is 1.47. The number of fused-ring (bicyclic) bond motifs is 3. The summed E-state index contributed by atoms with van der Waals surface area (Å²) in [5.74, 6) is -0.150. The third-order valence-electron chi connectivity index (χ3n) is 6.06. The van der Waals surface area contributed by atoms with Gasteiger partial charge in [-0.05, 0) is 43.2 Å². The summed E-state index contributed by atoms with van der Waals surface area (Å²) in [5, 5.41) is 6.42. The highest BCUT2D eigenvalue weighted by Gasteiger charge is 2.44. The van der Waals surface area contributed by atoms with Crippen molar-refractivity contribution in [1.82, 2.24) is 20.1 Å². The Morgan fingerprint density at radius 2 is 1.90 bits per heavy atom. The number of nitrogens with zero attached hydrogens (tertiary/aromatic N) is 3. The predicted octanol–water partition coefficient (Wildman–Crippen LogP) is 3.54. The van der Waals surface area contributed by atoms with Gasteiger partial charge in [0.05, 0.1) is 10.2 Å². The van der Waals surface area contributed by atoms with Gasteiger partial charge in [0.15, 0.2) is 5.13 Å². The van der Waals surface area contributed by atoms with Crippen molar-refractivity contribution in [3.05, 3.63) is 59.7 Å². The third-order valence-corrected chi connectivity index (χ3v) is 7.01. The second-order valence-corrected chi connectivity index (χ2v) is 9.13. The lowest BCUT2D eigenvalue weighted by atomic mass is 10.1. The number of hydrogen-bond acceptors (Lipinski definition) is 5. The summed E-state index contributed by atoms with van der Waals surface area (Å²) in [7, 11) is 0. The molecule has 2 bridgehead atoms. The number of anilines is 1. The van der Waals surface area contributed by atoms with Gasteiger partial charge < -0.3 is 10.2 Å². The highest BCUT2D eigenvalue weighted by Crippen LogP contribution is 2.32. The van der Waals surface area contributed by atoms with Gasteiger partial charge in [-0.2, -0.15) is 0 Å². The van der Waals surface area contributed by atoms with Crippen molar-refractivity contribution < 1.29 is 9.59 Å². The number of amides is 3. The third kappa shape index (κ3) is 4.00. The first-order valence-corrected chi connectivity index (χ1v) is 11.5. The smallest absolute Gasteiger partial charge is 0.317 e. The highest BCUT2D eigenvalue weighted by molar-refractivity contribution is 7.22. The van der Waals surface area contributed by atoms with Crippen molar-refractivity contribution in [2.24, 2.45) is 0 Å². The number of nitrogens with one attached hydrogen (secondary N) is 2. The van der Waals surface area contributed by atoms with E-state index >= 15 is 0 Å². The number of thiazole rings is 1. The zero-order valence-electron chi connectivity index (χ0n) is 17.4. The Labute approximate surface area is 185 Å². The number of benzene rings is 2. The van der Waals surface area contributed by atoms with Gasteiger partial charge in [-0.25, -0.2) is 9.78 Å². The fourth-order valence-electron chi connectivity index (χ4n) is 4.54. The number of para-hydroxylation sites is 1. The molecule has 0 saturated carbocycles. The summed E-state index contributed by atoms with van der Waals surface area (Å²) < 4.78 is 1.05. The van der Waals surface area contributed by atoms with Crippen molar-refractivity contribution in [2.45, 2.75) is 32.0 Å². The average molecular weight is 436 g/mol. The molecule has 7 nitrogen and oxygen atoms in total. The minimum atomic E-state index is -0.150. The van der Waals surface area contributed by atoms with Crippen LogP contribution < -0.4 is 10.6 Å². The van der Waals surface area contributed by atoms with E-state index in [0.717, 1.165) is 36.3 Å². The van der Waals surface area contributed by atoms with Crippen molar-refractivity contribution in [2.75, 3.05) is 25.0 Å². The first kappa shape index (κ1) is 20.0. The molecular formula is C23H25N5O2S. The molecule has 2 fully saturated rings. The molecule has 2 saturated heterocycles. The first-order chi connectivity index (χ1) is 15.1. The van der Waals surface area contributed by atoms with Crippen molar-refractivity contribution in [3.63, 3.8) is 0 Å². The Kier molecular flexibility index (Phi) is 5.33. The molecule has 2 N–H and O–H groups in total. The van der Waals surface area contributed by atoms with Crippen LogP contribution in [-0.2, 0) is 6.54 Å². The molecule has 2 aliphatic rings. The number of urea groups is 1. The van der Waals surface area contributed by atoms with E-state index in [-0.39, 0.29) is 11.9 Å². The van der Waals surface area contributed by atoms with Crippen LogP contribution in [0.1, 0.15) is 29.3 Å². The summed E-state index contributed by atoms with van der Waals surface area (Å²) in [6, 6.07) is 16.4. The summed E-state index contributed by atoms with van der Waals surface area (Å²) in [6.45, 7) is 5.14. The number of aromatic nitrogens is 1. The van der Waals surface area contributed by atoms with Crippen LogP contribution in [0.15, 0.2) is 48.5 Å². The largest absolute Gasteiger partial charge is 0.338 e. The van der Waals surface area contributed by atoms with Crippen LogP contribution in [0.5, 0.6) is 0 Å². The molecular weight excluding hydrogens is 410 g/mol. The maximum atomic E-state index is 12.6. The van der Waals surface area contributed by atoms with E-state index in [2.05, 4.69) is 20.5 Å². The van der Waals surface area contributed by atoms with Crippen LogP contribution in [0, 0.1) is 0 Å².